The van der Waals surface area contributed by atoms with E-state index >= 15 is 0 Å². The number of rotatable bonds is 6. The highest BCUT2D eigenvalue weighted by atomic mass is 32.1. The molecule has 0 radical (unpaired) electrons. The molecule has 0 fully saturated rings. The molecule has 0 bridgehead atoms. The van der Waals surface area contributed by atoms with Gasteiger partial charge in [-0.2, -0.15) is 0 Å². The number of hydrazine groups is 1. The maximum Gasteiger partial charge on any atom is 0.269 e. The second-order valence-corrected chi connectivity index (χ2v) is 4.79. The van der Waals surface area contributed by atoms with Gasteiger partial charge in [0.1, 0.15) is 0 Å². The number of benzene rings is 1. The van der Waals surface area contributed by atoms with Gasteiger partial charge in [0.2, 0.25) is 5.91 Å². The third-order valence-corrected chi connectivity index (χ3v) is 3.24. The van der Waals surface area contributed by atoms with Crippen LogP contribution in [0.3, 0.4) is 0 Å². The number of nitro groups is 1. The minimum absolute atomic E-state index is 0.0635. The average Bonchev–Trinajstić information content (AvgIpc) is 2.53. The van der Waals surface area contributed by atoms with E-state index in [1.54, 1.807) is 19.2 Å². The van der Waals surface area contributed by atoms with Crippen molar-refractivity contribution in [3.8, 4) is 0 Å². The van der Waals surface area contributed by atoms with Gasteiger partial charge < -0.3 is 10.1 Å². The highest BCUT2D eigenvalue weighted by molar-refractivity contribution is 7.80. The summed E-state index contributed by atoms with van der Waals surface area (Å²) in [6, 6.07) is 5.98. The van der Waals surface area contributed by atoms with Gasteiger partial charge in [-0.05, 0) is 24.2 Å². The van der Waals surface area contributed by atoms with Crippen LogP contribution in [0.15, 0.2) is 24.3 Å². The van der Waals surface area contributed by atoms with E-state index in [4.69, 9.17) is 17.0 Å². The van der Waals surface area contributed by atoms with E-state index in [1.807, 2.05) is 0 Å². The molecule has 8 nitrogen and oxygen atoms in total. The summed E-state index contributed by atoms with van der Waals surface area (Å²) in [5, 5.41) is 13.8. The number of methoxy groups -OCH3 is 1. The second kappa shape index (κ2) is 8.90. The first kappa shape index (κ1) is 17.8. The highest BCUT2D eigenvalue weighted by Crippen LogP contribution is 2.24. The van der Waals surface area contributed by atoms with Gasteiger partial charge in [-0.25, -0.2) is 0 Å². The van der Waals surface area contributed by atoms with Crippen molar-refractivity contribution >= 4 is 28.9 Å². The molecule has 0 heterocycles. The summed E-state index contributed by atoms with van der Waals surface area (Å²) in [4.78, 5) is 22.6. The number of amides is 1. The number of carbonyl (C=O) groups excluding carboxylic acids is 1. The van der Waals surface area contributed by atoms with Crippen LogP contribution in [-0.2, 0) is 9.53 Å². The van der Waals surface area contributed by atoms with Crippen LogP contribution in [0.2, 0.25) is 0 Å². The molecule has 1 aromatic carbocycles. The number of thiocarbonyl (C=S) groups is 1. The van der Waals surface area contributed by atoms with Crippen LogP contribution in [0.5, 0.6) is 0 Å². The molecular weight excluding hydrogens is 308 g/mol. The number of nitrogens with one attached hydrogen (secondary N) is 3. The molecule has 1 unspecified atom stereocenters. The van der Waals surface area contributed by atoms with Gasteiger partial charge >= 0.3 is 0 Å². The fraction of sp³-hybridized carbons (Fsp3) is 0.385. The van der Waals surface area contributed by atoms with Crippen molar-refractivity contribution in [2.45, 2.75) is 12.3 Å². The summed E-state index contributed by atoms with van der Waals surface area (Å²) in [6.45, 7) is 0.344. The summed E-state index contributed by atoms with van der Waals surface area (Å²) in [7, 11) is 3.14. The lowest BCUT2D eigenvalue weighted by Gasteiger charge is -2.17. The van der Waals surface area contributed by atoms with E-state index in [1.165, 1.54) is 19.2 Å². The zero-order valence-electron chi connectivity index (χ0n) is 12.3. The summed E-state index contributed by atoms with van der Waals surface area (Å²) in [5.74, 6) is -0.942. The van der Waals surface area contributed by atoms with Crippen molar-refractivity contribution in [3.05, 3.63) is 39.9 Å². The molecule has 1 atom stereocenters. The normalized spacial score (nSPS) is 11.4. The Morgan fingerprint density at radius 1 is 1.45 bits per heavy atom. The SMILES string of the molecule is CNC(=S)NNC(=O)C(CCOC)c1cccc([N+](=O)[O-])c1. The van der Waals surface area contributed by atoms with Gasteiger partial charge in [0, 0.05) is 32.9 Å². The number of hydrogen-bond acceptors (Lipinski definition) is 5. The van der Waals surface area contributed by atoms with Gasteiger partial charge in [0.25, 0.3) is 5.69 Å². The van der Waals surface area contributed by atoms with Gasteiger partial charge in [0.05, 0.1) is 10.8 Å². The van der Waals surface area contributed by atoms with E-state index in [0.29, 0.717) is 18.6 Å². The Balaban J connectivity index is 2.91. The second-order valence-electron chi connectivity index (χ2n) is 4.38. The molecule has 1 aromatic rings. The number of ether oxygens (including phenoxy) is 1. The Morgan fingerprint density at radius 2 is 2.18 bits per heavy atom. The average molecular weight is 326 g/mol. The third kappa shape index (κ3) is 5.26. The molecule has 0 aliphatic carbocycles. The first-order chi connectivity index (χ1) is 10.5. The summed E-state index contributed by atoms with van der Waals surface area (Å²) in [5.41, 5.74) is 5.49. The molecular formula is C13H18N4O4S. The van der Waals surface area contributed by atoms with Crippen molar-refractivity contribution in [2.24, 2.45) is 0 Å². The minimum atomic E-state index is -0.591. The zero-order chi connectivity index (χ0) is 16.5. The smallest absolute Gasteiger partial charge is 0.269 e. The molecule has 22 heavy (non-hydrogen) atoms. The van der Waals surface area contributed by atoms with Gasteiger partial charge in [0.15, 0.2) is 5.11 Å². The number of hydrogen-bond donors (Lipinski definition) is 3. The maximum atomic E-state index is 12.3. The van der Waals surface area contributed by atoms with Crippen molar-refractivity contribution in [3.63, 3.8) is 0 Å². The minimum Gasteiger partial charge on any atom is -0.385 e. The maximum absolute atomic E-state index is 12.3. The molecule has 1 rings (SSSR count). The fourth-order valence-corrected chi connectivity index (χ4v) is 1.86. The van der Waals surface area contributed by atoms with Crippen LogP contribution in [-0.4, -0.2) is 36.7 Å². The van der Waals surface area contributed by atoms with Crippen molar-refractivity contribution in [1.29, 1.82) is 0 Å². The Labute approximate surface area is 133 Å². The molecule has 0 aromatic heterocycles. The largest absolute Gasteiger partial charge is 0.385 e. The lowest BCUT2D eigenvalue weighted by Crippen LogP contribution is -2.47. The van der Waals surface area contributed by atoms with Gasteiger partial charge in [-0.3, -0.25) is 25.8 Å². The molecule has 0 spiro atoms. The number of non-ortho nitro benzene ring substituents is 1. The molecule has 0 aliphatic heterocycles. The van der Waals surface area contributed by atoms with E-state index < -0.39 is 10.8 Å². The summed E-state index contributed by atoms with van der Waals surface area (Å²) < 4.78 is 5.00. The van der Waals surface area contributed by atoms with Crippen molar-refractivity contribution in [1.82, 2.24) is 16.2 Å². The lowest BCUT2D eigenvalue weighted by molar-refractivity contribution is -0.384. The number of nitrogens with zero attached hydrogens (tertiary/aromatic N) is 1. The Hall–Kier alpha value is -2.26. The third-order valence-electron chi connectivity index (χ3n) is 2.94. The lowest BCUT2D eigenvalue weighted by atomic mass is 9.95. The fourth-order valence-electron chi connectivity index (χ4n) is 1.81. The molecule has 0 saturated carbocycles. The van der Waals surface area contributed by atoms with Gasteiger partial charge in [-0.1, -0.05) is 12.1 Å². The van der Waals surface area contributed by atoms with E-state index in [9.17, 15) is 14.9 Å². The monoisotopic (exact) mass is 326 g/mol. The van der Waals surface area contributed by atoms with Crippen molar-refractivity contribution in [2.75, 3.05) is 20.8 Å². The Morgan fingerprint density at radius 3 is 2.77 bits per heavy atom. The summed E-state index contributed by atoms with van der Waals surface area (Å²) in [6.07, 6.45) is 0.386. The highest BCUT2D eigenvalue weighted by Gasteiger charge is 2.22. The molecule has 0 aliphatic rings. The van der Waals surface area contributed by atoms with Gasteiger partial charge in [-0.15, -0.1) is 0 Å². The van der Waals surface area contributed by atoms with E-state index in [0.717, 1.165) is 0 Å². The first-order valence-corrected chi connectivity index (χ1v) is 6.91. The Bertz CT molecular complexity index is 553. The standard InChI is InChI=1S/C13H18N4O4S/c1-14-13(22)16-15-12(18)11(6-7-21-2)9-4-3-5-10(8-9)17(19)20/h3-5,8,11H,6-7H2,1-2H3,(H,15,18)(H2,14,16,22). The topological polar surface area (TPSA) is 106 Å². The predicted octanol–water partition coefficient (Wildman–Crippen LogP) is 0.840. The summed E-state index contributed by atoms with van der Waals surface area (Å²) >= 11 is 4.87. The van der Waals surface area contributed by atoms with E-state index in [-0.39, 0.29) is 16.7 Å². The number of nitro benzene ring substituents is 1. The predicted molar refractivity (Wildman–Crippen MR) is 85.3 cm³/mol. The number of carbonyl (C=O) groups is 1. The zero-order valence-corrected chi connectivity index (χ0v) is 13.1. The molecule has 120 valence electrons. The van der Waals surface area contributed by atoms with Crippen LogP contribution in [0, 0.1) is 10.1 Å². The van der Waals surface area contributed by atoms with Crippen LogP contribution in [0.1, 0.15) is 17.9 Å². The quantitative estimate of drug-likeness (QED) is 0.404. The van der Waals surface area contributed by atoms with E-state index in [2.05, 4.69) is 16.2 Å². The van der Waals surface area contributed by atoms with Crippen molar-refractivity contribution < 1.29 is 14.5 Å². The molecule has 9 heteroatoms. The molecule has 1 amide bonds. The molecule has 0 saturated heterocycles. The van der Waals surface area contributed by atoms with Crippen LogP contribution >= 0.6 is 12.2 Å². The van der Waals surface area contributed by atoms with Crippen LogP contribution in [0.4, 0.5) is 5.69 Å². The molecule has 3 N–H and O–H groups in total. The Kier molecular flexibility index (Phi) is 7.20. The van der Waals surface area contributed by atoms with Crippen LogP contribution < -0.4 is 16.2 Å². The van der Waals surface area contributed by atoms with Crippen LogP contribution in [0.25, 0.3) is 0 Å². The first-order valence-electron chi connectivity index (χ1n) is 6.50.